The van der Waals surface area contributed by atoms with E-state index in [4.69, 9.17) is 9.68 Å². The molecule has 1 aliphatic carbocycles. The Labute approximate surface area is 127 Å². The molecule has 1 fully saturated rings. The van der Waals surface area contributed by atoms with Crippen LogP contribution in [0, 0.1) is 27.4 Å². The molecule has 1 saturated carbocycles. The molecule has 1 aliphatic rings. The summed E-state index contributed by atoms with van der Waals surface area (Å²) in [6.07, 6.45) is 5.39. The largest absolute Gasteiger partial charge is 0.433 e. The van der Waals surface area contributed by atoms with Crippen molar-refractivity contribution in [2.75, 3.05) is 0 Å². The van der Waals surface area contributed by atoms with Gasteiger partial charge in [0.25, 0.3) is 5.91 Å². The third-order valence-electron chi connectivity index (χ3n) is 3.87. The fraction of sp³-hybridized carbons (Fsp3) is 0.467. The zero-order valence-corrected chi connectivity index (χ0v) is 12.2. The summed E-state index contributed by atoms with van der Waals surface area (Å²) in [6.45, 7) is 2.08. The van der Waals surface area contributed by atoms with Crippen molar-refractivity contribution in [1.82, 2.24) is 5.32 Å². The van der Waals surface area contributed by atoms with Crippen LogP contribution in [0.25, 0.3) is 6.08 Å². The SMILES string of the molecule is C[C@H]1CCCC[C@H]1NC(=O)/C(C#N)=C/c1ccc([N+](=O)[O-])o1. The Morgan fingerprint density at radius 2 is 2.23 bits per heavy atom. The van der Waals surface area contributed by atoms with Crippen LogP contribution in [0.4, 0.5) is 5.88 Å². The van der Waals surface area contributed by atoms with Crippen molar-refractivity contribution in [2.45, 2.75) is 38.6 Å². The molecule has 1 amide bonds. The molecule has 7 nitrogen and oxygen atoms in total. The molecule has 1 heterocycles. The van der Waals surface area contributed by atoms with Crippen molar-refractivity contribution in [1.29, 1.82) is 5.26 Å². The second kappa shape index (κ2) is 6.89. The Morgan fingerprint density at radius 1 is 1.50 bits per heavy atom. The minimum absolute atomic E-state index is 0.0592. The fourth-order valence-electron chi connectivity index (χ4n) is 2.59. The van der Waals surface area contributed by atoms with Gasteiger partial charge in [-0.2, -0.15) is 5.26 Å². The van der Waals surface area contributed by atoms with E-state index < -0.39 is 16.7 Å². The molecule has 0 unspecified atom stereocenters. The number of furan rings is 1. The third kappa shape index (κ3) is 3.73. The van der Waals surface area contributed by atoms with Gasteiger partial charge in [0, 0.05) is 12.1 Å². The van der Waals surface area contributed by atoms with Crippen molar-refractivity contribution >= 4 is 17.9 Å². The van der Waals surface area contributed by atoms with Crippen LogP contribution in [0.1, 0.15) is 38.4 Å². The van der Waals surface area contributed by atoms with E-state index in [2.05, 4.69) is 12.2 Å². The van der Waals surface area contributed by atoms with Gasteiger partial charge in [-0.25, -0.2) is 0 Å². The highest BCUT2D eigenvalue weighted by atomic mass is 16.6. The summed E-state index contributed by atoms with van der Waals surface area (Å²) in [6, 6.07) is 4.41. The Kier molecular flexibility index (Phi) is 4.94. The van der Waals surface area contributed by atoms with Crippen LogP contribution in [0.5, 0.6) is 0 Å². The maximum atomic E-state index is 12.2. The van der Waals surface area contributed by atoms with Gasteiger partial charge in [-0.1, -0.05) is 19.8 Å². The van der Waals surface area contributed by atoms with Crippen LogP contribution in [-0.4, -0.2) is 16.9 Å². The number of nitro groups is 1. The fourth-order valence-corrected chi connectivity index (χ4v) is 2.59. The highest BCUT2D eigenvalue weighted by Crippen LogP contribution is 2.24. The molecule has 1 N–H and O–H groups in total. The van der Waals surface area contributed by atoms with E-state index in [9.17, 15) is 14.9 Å². The second-order valence-corrected chi connectivity index (χ2v) is 5.44. The molecule has 0 spiro atoms. The van der Waals surface area contributed by atoms with Gasteiger partial charge in [0.1, 0.15) is 22.3 Å². The number of nitriles is 1. The third-order valence-corrected chi connectivity index (χ3v) is 3.87. The van der Waals surface area contributed by atoms with Gasteiger partial charge in [-0.3, -0.25) is 14.9 Å². The van der Waals surface area contributed by atoms with Crippen molar-refractivity contribution in [2.24, 2.45) is 5.92 Å². The number of hydrogen-bond donors (Lipinski definition) is 1. The zero-order chi connectivity index (χ0) is 16.1. The Morgan fingerprint density at radius 3 is 2.82 bits per heavy atom. The Hall–Kier alpha value is -2.62. The van der Waals surface area contributed by atoms with E-state index in [1.165, 1.54) is 18.2 Å². The first kappa shape index (κ1) is 15.8. The predicted molar refractivity (Wildman–Crippen MR) is 78.5 cm³/mol. The standard InChI is InChI=1S/C15H17N3O4/c1-10-4-2-3-5-13(10)17-15(19)11(9-16)8-12-6-7-14(22-12)18(20)21/h6-8,10,13H,2-5H2,1H3,(H,17,19)/b11-8+/t10-,13+/m0/s1. The van der Waals surface area contributed by atoms with Crippen LogP contribution in [-0.2, 0) is 4.79 Å². The number of rotatable bonds is 4. The van der Waals surface area contributed by atoms with Crippen molar-refractivity contribution in [3.8, 4) is 6.07 Å². The average Bonchev–Trinajstić information content (AvgIpc) is 2.96. The number of carbonyl (C=O) groups excluding carboxylic acids is 1. The molecule has 1 aromatic rings. The highest BCUT2D eigenvalue weighted by Gasteiger charge is 2.24. The molecule has 2 atom stereocenters. The predicted octanol–water partition coefficient (Wildman–Crippen LogP) is 2.79. The number of hydrogen-bond acceptors (Lipinski definition) is 5. The molecule has 7 heteroatoms. The van der Waals surface area contributed by atoms with E-state index in [0.717, 1.165) is 25.7 Å². The van der Waals surface area contributed by atoms with Gasteiger partial charge in [0.05, 0.1) is 6.07 Å². The summed E-state index contributed by atoms with van der Waals surface area (Å²) in [7, 11) is 0. The molecular weight excluding hydrogens is 286 g/mol. The van der Waals surface area contributed by atoms with Crippen LogP contribution >= 0.6 is 0 Å². The topological polar surface area (TPSA) is 109 Å². The summed E-state index contributed by atoms with van der Waals surface area (Å²) >= 11 is 0. The lowest BCUT2D eigenvalue weighted by atomic mass is 9.86. The lowest BCUT2D eigenvalue weighted by Gasteiger charge is -2.29. The Balaban J connectivity index is 2.09. The molecular formula is C15H17N3O4. The van der Waals surface area contributed by atoms with E-state index in [1.807, 2.05) is 6.07 Å². The van der Waals surface area contributed by atoms with E-state index in [1.54, 1.807) is 0 Å². The van der Waals surface area contributed by atoms with E-state index >= 15 is 0 Å². The average molecular weight is 303 g/mol. The molecule has 0 aliphatic heterocycles. The maximum Gasteiger partial charge on any atom is 0.433 e. The van der Waals surface area contributed by atoms with Crippen LogP contribution < -0.4 is 5.32 Å². The molecule has 0 bridgehead atoms. The molecule has 0 saturated heterocycles. The van der Waals surface area contributed by atoms with Gasteiger partial charge in [0.15, 0.2) is 0 Å². The first-order chi connectivity index (χ1) is 10.5. The first-order valence-electron chi connectivity index (χ1n) is 7.18. The molecule has 0 radical (unpaired) electrons. The van der Waals surface area contributed by atoms with Crippen molar-refractivity contribution < 1.29 is 14.1 Å². The monoisotopic (exact) mass is 303 g/mol. The number of nitrogens with zero attached hydrogens (tertiary/aromatic N) is 2. The van der Waals surface area contributed by atoms with Crippen LogP contribution in [0.3, 0.4) is 0 Å². The number of carbonyl (C=O) groups is 1. The molecule has 116 valence electrons. The van der Waals surface area contributed by atoms with Gasteiger partial charge in [0.2, 0.25) is 0 Å². The minimum atomic E-state index is -0.673. The zero-order valence-electron chi connectivity index (χ0n) is 12.2. The number of amides is 1. The Bertz CT molecular complexity index is 641. The number of nitrogens with one attached hydrogen (secondary N) is 1. The molecule has 2 rings (SSSR count). The van der Waals surface area contributed by atoms with Gasteiger partial charge >= 0.3 is 5.88 Å². The molecule has 22 heavy (non-hydrogen) atoms. The smallest absolute Gasteiger partial charge is 0.401 e. The lowest BCUT2D eigenvalue weighted by Crippen LogP contribution is -2.41. The van der Waals surface area contributed by atoms with E-state index in [0.29, 0.717) is 5.92 Å². The van der Waals surface area contributed by atoms with E-state index in [-0.39, 0.29) is 17.4 Å². The van der Waals surface area contributed by atoms with Crippen LogP contribution in [0.15, 0.2) is 22.1 Å². The van der Waals surface area contributed by atoms with Crippen molar-refractivity contribution in [3.05, 3.63) is 33.6 Å². The minimum Gasteiger partial charge on any atom is -0.401 e. The summed E-state index contributed by atoms with van der Waals surface area (Å²) in [5, 5.41) is 22.5. The summed E-state index contributed by atoms with van der Waals surface area (Å²) in [5.41, 5.74) is -0.123. The summed E-state index contributed by atoms with van der Waals surface area (Å²) in [4.78, 5) is 22.0. The maximum absolute atomic E-state index is 12.2. The second-order valence-electron chi connectivity index (χ2n) is 5.44. The summed E-state index contributed by atoms with van der Waals surface area (Å²) < 4.78 is 4.93. The normalized spacial score (nSPS) is 21.9. The molecule has 0 aromatic carbocycles. The van der Waals surface area contributed by atoms with Gasteiger partial charge in [-0.15, -0.1) is 0 Å². The quantitative estimate of drug-likeness (QED) is 0.398. The lowest BCUT2D eigenvalue weighted by molar-refractivity contribution is -0.402. The van der Waals surface area contributed by atoms with Crippen molar-refractivity contribution in [3.63, 3.8) is 0 Å². The highest BCUT2D eigenvalue weighted by molar-refractivity contribution is 6.01. The van der Waals surface area contributed by atoms with Gasteiger partial charge in [-0.05, 0) is 24.8 Å². The molecule has 1 aromatic heterocycles. The van der Waals surface area contributed by atoms with Crippen LogP contribution in [0.2, 0.25) is 0 Å². The first-order valence-corrected chi connectivity index (χ1v) is 7.18. The summed E-state index contributed by atoms with van der Waals surface area (Å²) in [5.74, 6) is -0.414. The van der Waals surface area contributed by atoms with Gasteiger partial charge < -0.3 is 9.73 Å².